The van der Waals surface area contributed by atoms with Gasteiger partial charge in [-0.25, -0.2) is 0 Å². The van der Waals surface area contributed by atoms with Crippen LogP contribution in [0.5, 0.6) is 11.5 Å². The molecule has 1 N–H and O–H groups in total. The molecule has 1 amide bonds. The number of rotatable bonds is 18. The molecule has 0 spiro atoms. The highest BCUT2D eigenvalue weighted by Gasteiger charge is 2.11. The van der Waals surface area contributed by atoms with Gasteiger partial charge in [0.05, 0.1) is 13.7 Å². The lowest BCUT2D eigenvalue weighted by molar-refractivity contribution is -0.120. The number of methoxy groups -OCH3 is 1. The highest BCUT2D eigenvalue weighted by atomic mass is 16.5. The van der Waals surface area contributed by atoms with Crippen molar-refractivity contribution < 1.29 is 19.0 Å². The first-order valence-corrected chi connectivity index (χ1v) is 13.0. The van der Waals surface area contributed by atoms with Gasteiger partial charge in [0.2, 0.25) is 5.91 Å². The van der Waals surface area contributed by atoms with E-state index in [1.807, 2.05) is 42.5 Å². The van der Waals surface area contributed by atoms with Gasteiger partial charge >= 0.3 is 0 Å². The van der Waals surface area contributed by atoms with Gasteiger partial charge in [0.1, 0.15) is 18.1 Å². The molecule has 2 rings (SSSR count). The maximum atomic E-state index is 12.4. The van der Waals surface area contributed by atoms with Crippen LogP contribution in [-0.2, 0) is 9.53 Å². The van der Waals surface area contributed by atoms with Gasteiger partial charge in [-0.3, -0.25) is 4.79 Å². The number of unbranched alkanes of at least 4 members (excludes halogenated alkanes) is 8. The van der Waals surface area contributed by atoms with Crippen LogP contribution < -0.4 is 14.8 Å². The van der Waals surface area contributed by atoms with Crippen molar-refractivity contribution in [3.63, 3.8) is 0 Å². The second kappa shape index (κ2) is 17.0. The molecule has 188 valence electrons. The van der Waals surface area contributed by atoms with E-state index < -0.39 is 0 Å². The van der Waals surface area contributed by atoms with Crippen LogP contribution in [0, 0.1) is 0 Å². The van der Waals surface area contributed by atoms with E-state index in [2.05, 4.69) is 19.2 Å². The minimum atomic E-state index is -0.142. The molecular formula is C29H43NO4. The van der Waals surface area contributed by atoms with Gasteiger partial charge in [0, 0.05) is 23.9 Å². The van der Waals surface area contributed by atoms with Gasteiger partial charge < -0.3 is 19.5 Å². The van der Waals surface area contributed by atoms with E-state index >= 15 is 0 Å². The average Bonchev–Trinajstić information content (AvgIpc) is 2.86. The molecule has 2 aromatic rings. The number of amides is 1. The number of carbonyl (C=O) groups excluding carboxylic acids is 1. The normalized spacial score (nSPS) is 10.8. The van der Waals surface area contributed by atoms with Crippen LogP contribution in [-0.4, -0.2) is 32.8 Å². The minimum Gasteiger partial charge on any atom is -0.497 e. The second-order valence-electron chi connectivity index (χ2n) is 8.72. The molecule has 0 heterocycles. The molecule has 5 nitrogen and oxygen atoms in total. The molecule has 0 aliphatic carbocycles. The van der Waals surface area contributed by atoms with Crippen LogP contribution in [0.2, 0.25) is 0 Å². The molecule has 0 fully saturated rings. The summed E-state index contributed by atoms with van der Waals surface area (Å²) in [4.78, 5) is 12.4. The first kappa shape index (κ1) is 27.7. The number of ether oxygens (including phenoxy) is 3. The van der Waals surface area contributed by atoms with Gasteiger partial charge in [-0.2, -0.15) is 0 Å². The van der Waals surface area contributed by atoms with Gasteiger partial charge in [-0.05, 0) is 42.7 Å². The second-order valence-corrected chi connectivity index (χ2v) is 8.72. The largest absolute Gasteiger partial charge is 0.497 e. The van der Waals surface area contributed by atoms with Crippen LogP contribution in [0.15, 0.2) is 42.5 Å². The number of benzene rings is 2. The molecule has 0 saturated heterocycles. The zero-order valence-electron chi connectivity index (χ0n) is 21.4. The van der Waals surface area contributed by atoms with Crippen LogP contribution in [0.3, 0.4) is 0 Å². The van der Waals surface area contributed by atoms with Gasteiger partial charge in [0.25, 0.3) is 0 Å². The van der Waals surface area contributed by atoms with E-state index in [1.165, 1.54) is 38.5 Å². The van der Waals surface area contributed by atoms with Crippen molar-refractivity contribution in [1.29, 1.82) is 0 Å². The lowest BCUT2D eigenvalue weighted by Crippen LogP contribution is -2.18. The van der Waals surface area contributed by atoms with Crippen LogP contribution in [0.1, 0.15) is 78.1 Å². The van der Waals surface area contributed by atoms with Crippen molar-refractivity contribution in [3.8, 4) is 22.6 Å². The third kappa shape index (κ3) is 10.6. The predicted octanol–water partition coefficient (Wildman–Crippen LogP) is 7.64. The molecule has 0 saturated carbocycles. The first-order valence-electron chi connectivity index (χ1n) is 13.0. The summed E-state index contributed by atoms with van der Waals surface area (Å²) < 4.78 is 17.0. The van der Waals surface area contributed by atoms with Gasteiger partial charge in [0.15, 0.2) is 0 Å². The Morgan fingerprint density at radius 3 is 2.09 bits per heavy atom. The smallest absolute Gasteiger partial charge is 0.250 e. The summed E-state index contributed by atoms with van der Waals surface area (Å²) in [7, 11) is 1.66. The number of carbonyl (C=O) groups is 1. The standard InChI is InChI=1S/C29H43NO4/c1-4-6-8-10-12-20-33-23-29(31)30-25-16-19-27(24-14-17-26(32-3)18-15-24)28(22-25)34-21-13-11-9-7-5-2/h14-19,22H,4-13,20-21,23H2,1-3H3,(H,30,31). The Bertz CT molecular complexity index is 819. The summed E-state index contributed by atoms with van der Waals surface area (Å²) in [6.45, 7) is 5.78. The fourth-order valence-corrected chi connectivity index (χ4v) is 3.79. The lowest BCUT2D eigenvalue weighted by Gasteiger charge is -2.15. The van der Waals surface area contributed by atoms with E-state index in [0.717, 1.165) is 54.0 Å². The number of hydrogen-bond acceptors (Lipinski definition) is 4. The van der Waals surface area contributed by atoms with E-state index in [0.29, 0.717) is 13.2 Å². The molecule has 34 heavy (non-hydrogen) atoms. The number of anilines is 1. The Labute approximate surface area is 206 Å². The van der Waals surface area contributed by atoms with Crippen molar-refractivity contribution >= 4 is 11.6 Å². The summed E-state index contributed by atoms with van der Waals surface area (Å²) in [5, 5.41) is 2.94. The molecule has 0 unspecified atom stereocenters. The zero-order valence-corrected chi connectivity index (χ0v) is 21.4. The maximum absolute atomic E-state index is 12.4. The maximum Gasteiger partial charge on any atom is 0.250 e. The highest BCUT2D eigenvalue weighted by Crippen LogP contribution is 2.34. The zero-order chi connectivity index (χ0) is 24.4. The quantitative estimate of drug-likeness (QED) is 0.228. The molecule has 0 aliphatic rings. The fraction of sp³-hybridized carbons (Fsp3) is 0.552. The average molecular weight is 470 g/mol. The molecule has 0 aromatic heterocycles. The van der Waals surface area contributed by atoms with E-state index in [4.69, 9.17) is 14.2 Å². The summed E-state index contributed by atoms with van der Waals surface area (Å²) in [5.74, 6) is 1.45. The third-order valence-corrected chi connectivity index (χ3v) is 5.80. The van der Waals surface area contributed by atoms with Crippen LogP contribution >= 0.6 is 0 Å². The minimum absolute atomic E-state index is 0.0711. The Hall–Kier alpha value is -2.53. The Morgan fingerprint density at radius 2 is 1.44 bits per heavy atom. The van der Waals surface area contributed by atoms with Gasteiger partial charge in [-0.15, -0.1) is 0 Å². The molecule has 5 heteroatoms. The van der Waals surface area contributed by atoms with Gasteiger partial charge in [-0.1, -0.05) is 77.3 Å². The predicted molar refractivity (Wildman–Crippen MR) is 141 cm³/mol. The SMILES string of the molecule is CCCCCCCOCC(=O)Nc1ccc(-c2ccc(OC)cc2)c(OCCCCCCC)c1. The van der Waals surface area contributed by atoms with Crippen molar-refractivity contribution in [2.45, 2.75) is 78.1 Å². The Morgan fingerprint density at radius 1 is 0.794 bits per heavy atom. The third-order valence-electron chi connectivity index (χ3n) is 5.80. The molecular weight excluding hydrogens is 426 g/mol. The summed E-state index contributed by atoms with van der Waals surface area (Å²) in [5.41, 5.74) is 2.76. The summed E-state index contributed by atoms with van der Waals surface area (Å²) >= 11 is 0. The van der Waals surface area contributed by atoms with E-state index in [9.17, 15) is 4.79 Å². The van der Waals surface area contributed by atoms with E-state index in [-0.39, 0.29) is 12.5 Å². The molecule has 0 bridgehead atoms. The van der Waals surface area contributed by atoms with Crippen molar-refractivity contribution in [2.24, 2.45) is 0 Å². The summed E-state index contributed by atoms with van der Waals surface area (Å²) in [6.07, 6.45) is 11.8. The Balaban J connectivity index is 1.96. The lowest BCUT2D eigenvalue weighted by atomic mass is 10.0. The summed E-state index contributed by atoms with van der Waals surface area (Å²) in [6, 6.07) is 13.8. The van der Waals surface area contributed by atoms with Crippen molar-refractivity contribution in [1.82, 2.24) is 0 Å². The molecule has 2 aromatic carbocycles. The number of hydrogen-bond donors (Lipinski definition) is 1. The molecule has 0 atom stereocenters. The first-order chi connectivity index (χ1) is 16.7. The molecule has 0 aliphatic heterocycles. The van der Waals surface area contributed by atoms with Crippen LogP contribution in [0.4, 0.5) is 5.69 Å². The van der Waals surface area contributed by atoms with Crippen LogP contribution in [0.25, 0.3) is 11.1 Å². The highest BCUT2D eigenvalue weighted by molar-refractivity contribution is 5.92. The fourth-order valence-electron chi connectivity index (χ4n) is 3.79. The topological polar surface area (TPSA) is 56.8 Å². The van der Waals surface area contributed by atoms with Crippen molar-refractivity contribution in [3.05, 3.63) is 42.5 Å². The Kier molecular flexibility index (Phi) is 13.8. The van der Waals surface area contributed by atoms with Crippen molar-refractivity contribution in [2.75, 3.05) is 32.2 Å². The van der Waals surface area contributed by atoms with E-state index in [1.54, 1.807) is 7.11 Å². The number of nitrogens with one attached hydrogen (secondary N) is 1. The monoisotopic (exact) mass is 469 g/mol. The molecule has 0 radical (unpaired) electrons.